The zero-order valence-corrected chi connectivity index (χ0v) is 17.5. The lowest BCUT2D eigenvalue weighted by atomic mass is 9.95. The number of nitrogens with zero attached hydrogens (tertiary/aromatic N) is 1. The summed E-state index contributed by atoms with van der Waals surface area (Å²) >= 11 is 0. The van der Waals surface area contributed by atoms with Crippen molar-refractivity contribution in [3.8, 4) is 0 Å². The summed E-state index contributed by atoms with van der Waals surface area (Å²) in [6, 6.07) is 10.1. The second-order valence-corrected chi connectivity index (χ2v) is 7.56. The predicted octanol–water partition coefficient (Wildman–Crippen LogP) is 3.41. The molecule has 0 radical (unpaired) electrons. The van der Waals surface area contributed by atoms with Gasteiger partial charge >= 0.3 is 5.63 Å². The molecule has 156 valence electrons. The minimum atomic E-state index is -0.560. The largest absolute Gasteiger partial charge is 0.427 e. The average molecular weight is 399 g/mol. The number of hydrogen-bond acceptors (Lipinski definition) is 5. The molecule has 29 heavy (non-hydrogen) atoms. The van der Waals surface area contributed by atoms with Crippen LogP contribution in [0.4, 0.5) is 5.69 Å². The molecule has 1 N–H and O–H groups in total. The van der Waals surface area contributed by atoms with Gasteiger partial charge in [-0.2, -0.15) is 0 Å². The Bertz CT molecular complexity index is 900. The third kappa shape index (κ3) is 5.26. The van der Waals surface area contributed by atoms with E-state index in [0.29, 0.717) is 37.6 Å². The van der Waals surface area contributed by atoms with Crippen LogP contribution in [0.25, 0.3) is 0 Å². The van der Waals surface area contributed by atoms with Crippen LogP contribution in [0.5, 0.6) is 0 Å². The van der Waals surface area contributed by atoms with Crippen molar-refractivity contribution in [3.05, 3.63) is 63.2 Å². The minimum Gasteiger partial charge on any atom is -0.427 e. The van der Waals surface area contributed by atoms with Crippen LogP contribution in [0.2, 0.25) is 0 Å². The van der Waals surface area contributed by atoms with Crippen molar-refractivity contribution in [1.82, 2.24) is 5.32 Å². The number of rotatable bonds is 7. The molecule has 1 amide bonds. The Labute approximate surface area is 171 Å². The molecule has 0 saturated carbocycles. The van der Waals surface area contributed by atoms with Crippen LogP contribution in [-0.4, -0.2) is 38.8 Å². The highest BCUT2D eigenvalue weighted by atomic mass is 16.5. The number of aryl methyl sites for hydroxylation is 2. The van der Waals surface area contributed by atoms with Crippen LogP contribution in [0, 0.1) is 13.8 Å². The summed E-state index contributed by atoms with van der Waals surface area (Å²) in [6.07, 6.45) is 1.67. The Morgan fingerprint density at radius 3 is 2.62 bits per heavy atom. The molecule has 1 aromatic heterocycles. The van der Waals surface area contributed by atoms with Gasteiger partial charge in [0, 0.05) is 44.5 Å². The van der Waals surface area contributed by atoms with Gasteiger partial charge in [0.05, 0.1) is 0 Å². The maximum atomic E-state index is 12.6. The van der Waals surface area contributed by atoms with Crippen LogP contribution in [0.1, 0.15) is 52.9 Å². The third-order valence-electron chi connectivity index (χ3n) is 5.43. The van der Waals surface area contributed by atoms with Crippen LogP contribution in [0.15, 0.2) is 39.5 Å². The average Bonchev–Trinajstić information content (AvgIpc) is 2.71. The highest BCUT2D eigenvalue weighted by Crippen LogP contribution is 2.27. The fraction of sp³-hybridized carbons (Fsp3) is 0.478. The molecule has 1 saturated heterocycles. The molecular formula is C23H30N2O4. The van der Waals surface area contributed by atoms with Gasteiger partial charge in [0.15, 0.2) is 0 Å². The summed E-state index contributed by atoms with van der Waals surface area (Å²) in [6.45, 7) is 9.22. The Morgan fingerprint density at radius 2 is 1.97 bits per heavy atom. The van der Waals surface area contributed by atoms with Gasteiger partial charge in [-0.3, -0.25) is 4.79 Å². The van der Waals surface area contributed by atoms with Crippen LogP contribution >= 0.6 is 0 Å². The molecule has 1 fully saturated rings. The fourth-order valence-corrected chi connectivity index (χ4v) is 3.78. The number of hydrogen-bond donors (Lipinski definition) is 1. The topological polar surface area (TPSA) is 71.8 Å². The number of ether oxygens (including phenoxy) is 1. The number of amides is 1. The Kier molecular flexibility index (Phi) is 7.09. The lowest BCUT2D eigenvalue weighted by molar-refractivity contribution is 0.0795. The maximum Gasteiger partial charge on any atom is 0.349 e. The third-order valence-corrected chi connectivity index (χ3v) is 5.43. The number of benzene rings is 1. The molecule has 2 aromatic rings. The first-order chi connectivity index (χ1) is 14.0. The van der Waals surface area contributed by atoms with Crippen LogP contribution in [-0.2, 0) is 4.74 Å². The zero-order valence-electron chi connectivity index (χ0n) is 17.5. The molecule has 3 rings (SSSR count). The summed E-state index contributed by atoms with van der Waals surface area (Å²) < 4.78 is 10.9. The number of nitrogens with one attached hydrogen (secondary N) is 1. The highest BCUT2D eigenvalue weighted by Gasteiger charge is 2.22. The van der Waals surface area contributed by atoms with E-state index in [1.807, 2.05) is 12.1 Å². The monoisotopic (exact) mass is 398 g/mol. The molecule has 0 spiro atoms. The lowest BCUT2D eigenvalue weighted by Crippen LogP contribution is -2.37. The van der Waals surface area contributed by atoms with E-state index in [4.69, 9.17) is 9.15 Å². The Morgan fingerprint density at radius 1 is 1.21 bits per heavy atom. The van der Waals surface area contributed by atoms with Gasteiger partial charge in [-0.25, -0.2) is 4.79 Å². The summed E-state index contributed by atoms with van der Waals surface area (Å²) in [5.41, 5.74) is 2.52. The zero-order chi connectivity index (χ0) is 20.8. The van der Waals surface area contributed by atoms with E-state index in [9.17, 15) is 9.59 Å². The molecule has 0 bridgehead atoms. The Hall–Kier alpha value is -2.60. The highest BCUT2D eigenvalue weighted by molar-refractivity contribution is 5.95. The molecule has 6 heteroatoms. The summed E-state index contributed by atoms with van der Waals surface area (Å²) in [4.78, 5) is 27.3. The summed E-state index contributed by atoms with van der Waals surface area (Å²) in [5.74, 6) is 0.457. The van der Waals surface area contributed by atoms with E-state index in [1.165, 1.54) is 5.56 Å². The SMILES string of the molecule is CCN(CCNC(=O)c1c(C)cc(C2CCOCC2)oc1=O)c1cccc(C)c1. The quantitative estimate of drug-likeness (QED) is 0.774. The molecule has 2 heterocycles. The second-order valence-electron chi connectivity index (χ2n) is 7.56. The number of carbonyl (C=O) groups is 1. The standard InChI is InChI=1S/C23H30N2O4/c1-4-25(19-7-5-6-16(2)14-19)11-10-24-22(26)21-17(3)15-20(29-23(21)27)18-8-12-28-13-9-18/h5-7,14-15,18H,4,8-13H2,1-3H3,(H,24,26). The molecular weight excluding hydrogens is 368 g/mol. The van der Waals surface area contributed by atoms with E-state index >= 15 is 0 Å². The first-order valence-corrected chi connectivity index (χ1v) is 10.3. The Balaban J connectivity index is 1.63. The molecule has 6 nitrogen and oxygen atoms in total. The number of carbonyl (C=O) groups excluding carboxylic acids is 1. The molecule has 1 aliphatic rings. The first-order valence-electron chi connectivity index (χ1n) is 10.3. The maximum absolute atomic E-state index is 12.6. The van der Waals surface area contributed by atoms with E-state index in [1.54, 1.807) is 6.92 Å². The van der Waals surface area contributed by atoms with Gasteiger partial charge in [-0.15, -0.1) is 0 Å². The van der Waals surface area contributed by atoms with Gasteiger partial charge in [-0.1, -0.05) is 12.1 Å². The fourth-order valence-electron chi connectivity index (χ4n) is 3.78. The molecule has 0 aliphatic carbocycles. The second kappa shape index (κ2) is 9.74. The van der Waals surface area contributed by atoms with Gasteiger partial charge in [0.2, 0.25) is 0 Å². The van der Waals surface area contributed by atoms with Crippen molar-refractivity contribution in [2.24, 2.45) is 0 Å². The van der Waals surface area contributed by atoms with Gasteiger partial charge < -0.3 is 19.4 Å². The smallest absolute Gasteiger partial charge is 0.349 e. The van der Waals surface area contributed by atoms with E-state index in [-0.39, 0.29) is 17.4 Å². The van der Waals surface area contributed by atoms with E-state index < -0.39 is 5.63 Å². The molecule has 1 aliphatic heterocycles. The van der Waals surface area contributed by atoms with Gasteiger partial charge in [0.25, 0.3) is 5.91 Å². The van der Waals surface area contributed by atoms with Crippen molar-refractivity contribution in [1.29, 1.82) is 0 Å². The molecule has 1 aromatic carbocycles. The van der Waals surface area contributed by atoms with E-state index in [2.05, 4.69) is 42.3 Å². The van der Waals surface area contributed by atoms with Crippen molar-refractivity contribution < 1.29 is 13.9 Å². The molecule has 0 unspecified atom stereocenters. The summed E-state index contributed by atoms with van der Waals surface area (Å²) in [7, 11) is 0. The molecule has 0 atom stereocenters. The first kappa shape index (κ1) is 21.1. The van der Waals surface area contributed by atoms with Crippen LogP contribution in [0.3, 0.4) is 0 Å². The van der Waals surface area contributed by atoms with Crippen molar-refractivity contribution in [3.63, 3.8) is 0 Å². The summed E-state index contributed by atoms with van der Waals surface area (Å²) in [5, 5.41) is 2.87. The normalized spacial score (nSPS) is 14.6. The van der Waals surface area contributed by atoms with Gasteiger partial charge in [0.1, 0.15) is 11.3 Å². The van der Waals surface area contributed by atoms with Crippen molar-refractivity contribution >= 4 is 11.6 Å². The van der Waals surface area contributed by atoms with Crippen molar-refractivity contribution in [2.75, 3.05) is 37.7 Å². The minimum absolute atomic E-state index is 0.0967. The number of anilines is 1. The predicted molar refractivity (Wildman–Crippen MR) is 114 cm³/mol. The van der Waals surface area contributed by atoms with Crippen LogP contribution < -0.4 is 15.8 Å². The van der Waals surface area contributed by atoms with E-state index in [0.717, 1.165) is 25.1 Å². The van der Waals surface area contributed by atoms with Crippen molar-refractivity contribution in [2.45, 2.75) is 39.5 Å². The lowest BCUT2D eigenvalue weighted by Gasteiger charge is -2.24. The number of likely N-dealkylation sites (N-methyl/N-ethyl adjacent to an activating group) is 1. The van der Waals surface area contributed by atoms with Gasteiger partial charge in [-0.05, 0) is 62.9 Å².